The van der Waals surface area contributed by atoms with Gasteiger partial charge in [0.1, 0.15) is 0 Å². The lowest BCUT2D eigenvalue weighted by Gasteiger charge is -2.20. The van der Waals surface area contributed by atoms with Crippen LogP contribution in [0.4, 0.5) is 5.69 Å². The third-order valence-corrected chi connectivity index (χ3v) is 8.61. The van der Waals surface area contributed by atoms with Crippen molar-refractivity contribution < 1.29 is 4.79 Å². The Hall–Kier alpha value is -2.88. The first-order valence-corrected chi connectivity index (χ1v) is 14.2. The van der Waals surface area contributed by atoms with Gasteiger partial charge in [0.25, 0.3) is 5.91 Å². The molecule has 1 N–H and O–H groups in total. The van der Waals surface area contributed by atoms with Crippen molar-refractivity contribution in [1.82, 2.24) is 15.6 Å². The van der Waals surface area contributed by atoms with E-state index >= 15 is 0 Å². The van der Waals surface area contributed by atoms with Crippen LogP contribution in [0.2, 0.25) is 0 Å². The highest BCUT2D eigenvalue weighted by atomic mass is 32.2. The average Bonchev–Trinajstić information content (AvgIpc) is 3.36. The van der Waals surface area contributed by atoms with Crippen LogP contribution in [0.5, 0.6) is 0 Å². The Morgan fingerprint density at radius 2 is 1.69 bits per heavy atom. The summed E-state index contributed by atoms with van der Waals surface area (Å²) in [5.74, 6) is 0.887. The second kappa shape index (κ2) is 12.7. The summed E-state index contributed by atoms with van der Waals surface area (Å²) in [6, 6.07) is 22.9. The number of carbonyl (C=O) groups is 1. The molecule has 0 saturated carbocycles. The zero-order valence-corrected chi connectivity index (χ0v) is 22.1. The molecule has 0 saturated heterocycles. The van der Waals surface area contributed by atoms with Crippen molar-refractivity contribution in [1.29, 1.82) is 0 Å². The third kappa shape index (κ3) is 7.06. The second-order valence-corrected chi connectivity index (χ2v) is 11.0. The fourth-order valence-electron chi connectivity index (χ4n) is 3.57. The Morgan fingerprint density at radius 1 is 0.971 bits per heavy atom. The van der Waals surface area contributed by atoms with Crippen molar-refractivity contribution >= 4 is 63.4 Å². The van der Waals surface area contributed by atoms with Crippen LogP contribution in [0.25, 0.3) is 10.8 Å². The first kappa shape index (κ1) is 25.2. The molecular formula is C26H27N5OS3. The normalized spacial score (nSPS) is 11.3. The highest BCUT2D eigenvalue weighted by molar-refractivity contribution is 8.03. The Bertz CT molecular complexity index is 1280. The Kier molecular flexibility index (Phi) is 9.16. The minimum Gasteiger partial charge on any atom is -0.372 e. The first-order chi connectivity index (χ1) is 17.2. The number of rotatable bonds is 11. The SMILES string of the molecule is CCN(CC)c1ccc(/C=N/NC(=O)CSc2nnc(SCc3cccc4ccccc34)s2)cc1. The Labute approximate surface area is 218 Å². The van der Waals surface area contributed by atoms with E-state index in [9.17, 15) is 4.79 Å². The summed E-state index contributed by atoms with van der Waals surface area (Å²) in [6.07, 6.45) is 1.65. The predicted octanol–water partition coefficient (Wildman–Crippen LogP) is 6.07. The van der Waals surface area contributed by atoms with Crippen molar-refractivity contribution in [3.8, 4) is 0 Å². The van der Waals surface area contributed by atoms with Gasteiger partial charge in [-0.25, -0.2) is 5.43 Å². The summed E-state index contributed by atoms with van der Waals surface area (Å²) < 4.78 is 1.67. The van der Waals surface area contributed by atoms with E-state index in [0.29, 0.717) is 0 Å². The van der Waals surface area contributed by atoms with E-state index in [1.54, 1.807) is 18.0 Å². The quantitative estimate of drug-likeness (QED) is 0.147. The fraction of sp³-hybridized carbons (Fsp3) is 0.231. The molecule has 180 valence electrons. The summed E-state index contributed by atoms with van der Waals surface area (Å²) in [6.45, 7) is 6.22. The standard InChI is InChI=1S/C26H27N5OS3/c1-3-31(4-2)22-14-12-19(13-15-22)16-27-28-24(32)18-34-26-30-29-25(35-26)33-17-21-10-7-9-20-8-5-6-11-23(20)21/h5-16H,3-4,17-18H2,1-2H3,(H,28,32)/b27-16+. The largest absolute Gasteiger partial charge is 0.372 e. The Balaban J connectivity index is 1.22. The van der Waals surface area contributed by atoms with E-state index in [2.05, 4.69) is 94.1 Å². The van der Waals surface area contributed by atoms with Crippen LogP contribution in [-0.2, 0) is 10.5 Å². The topological polar surface area (TPSA) is 70.5 Å². The second-order valence-electron chi connectivity index (χ2n) is 7.61. The number of anilines is 1. The molecule has 9 heteroatoms. The highest BCUT2D eigenvalue weighted by Crippen LogP contribution is 2.32. The maximum Gasteiger partial charge on any atom is 0.250 e. The minimum absolute atomic E-state index is 0.175. The molecule has 0 fully saturated rings. The van der Waals surface area contributed by atoms with E-state index < -0.39 is 0 Å². The molecule has 4 aromatic rings. The van der Waals surface area contributed by atoms with Gasteiger partial charge in [-0.15, -0.1) is 10.2 Å². The van der Waals surface area contributed by atoms with Gasteiger partial charge in [-0.1, -0.05) is 89.5 Å². The van der Waals surface area contributed by atoms with E-state index in [1.165, 1.54) is 45.1 Å². The molecule has 4 rings (SSSR count). The minimum atomic E-state index is -0.175. The predicted molar refractivity (Wildman–Crippen MR) is 150 cm³/mol. The highest BCUT2D eigenvalue weighted by Gasteiger charge is 2.09. The number of hydrogen-bond acceptors (Lipinski definition) is 8. The van der Waals surface area contributed by atoms with E-state index in [4.69, 9.17) is 0 Å². The fourth-order valence-corrected chi connectivity index (χ4v) is 6.39. The van der Waals surface area contributed by atoms with E-state index in [1.807, 2.05) is 12.1 Å². The number of nitrogens with zero attached hydrogens (tertiary/aromatic N) is 4. The van der Waals surface area contributed by atoms with Crippen LogP contribution in [0.1, 0.15) is 25.0 Å². The number of hydrazone groups is 1. The summed E-state index contributed by atoms with van der Waals surface area (Å²) in [5.41, 5.74) is 5.97. The van der Waals surface area contributed by atoms with Crippen molar-refractivity contribution in [3.05, 3.63) is 77.9 Å². The number of carbonyl (C=O) groups excluding carboxylic acids is 1. The smallest absolute Gasteiger partial charge is 0.250 e. The van der Waals surface area contributed by atoms with Crippen LogP contribution in [-0.4, -0.2) is 41.2 Å². The van der Waals surface area contributed by atoms with E-state index in [-0.39, 0.29) is 11.7 Å². The molecule has 0 aliphatic rings. The number of hydrogen-bond donors (Lipinski definition) is 1. The van der Waals surface area contributed by atoms with Crippen LogP contribution < -0.4 is 10.3 Å². The van der Waals surface area contributed by atoms with Gasteiger partial charge in [0.05, 0.1) is 12.0 Å². The summed E-state index contributed by atoms with van der Waals surface area (Å²) in [4.78, 5) is 14.4. The number of amides is 1. The number of benzene rings is 3. The molecule has 0 aliphatic heterocycles. The van der Waals surface area contributed by atoms with Gasteiger partial charge in [-0.3, -0.25) is 4.79 Å². The monoisotopic (exact) mass is 521 g/mol. The molecular weight excluding hydrogens is 495 g/mol. The molecule has 0 radical (unpaired) electrons. The lowest BCUT2D eigenvalue weighted by molar-refractivity contribution is -0.118. The van der Waals surface area contributed by atoms with Crippen molar-refractivity contribution in [2.45, 2.75) is 28.3 Å². The number of nitrogens with one attached hydrogen (secondary N) is 1. The van der Waals surface area contributed by atoms with Gasteiger partial charge in [-0.2, -0.15) is 5.10 Å². The van der Waals surface area contributed by atoms with Gasteiger partial charge >= 0.3 is 0 Å². The van der Waals surface area contributed by atoms with Crippen LogP contribution >= 0.6 is 34.9 Å². The lowest BCUT2D eigenvalue weighted by atomic mass is 10.1. The molecule has 0 bridgehead atoms. The zero-order chi connectivity index (χ0) is 24.5. The Morgan fingerprint density at radius 3 is 2.46 bits per heavy atom. The maximum absolute atomic E-state index is 12.2. The molecule has 1 amide bonds. The van der Waals surface area contributed by atoms with Gasteiger partial charge < -0.3 is 4.90 Å². The van der Waals surface area contributed by atoms with Gasteiger partial charge in [0, 0.05) is 24.5 Å². The molecule has 0 aliphatic carbocycles. The average molecular weight is 522 g/mol. The number of aromatic nitrogens is 2. The summed E-state index contributed by atoms with van der Waals surface area (Å²) >= 11 is 4.54. The van der Waals surface area contributed by atoms with Crippen LogP contribution in [0, 0.1) is 0 Å². The molecule has 1 aromatic heterocycles. The summed E-state index contributed by atoms with van der Waals surface area (Å²) in [7, 11) is 0. The van der Waals surface area contributed by atoms with Gasteiger partial charge in [-0.05, 0) is 47.9 Å². The van der Waals surface area contributed by atoms with Crippen molar-refractivity contribution in [2.75, 3.05) is 23.7 Å². The van der Waals surface area contributed by atoms with Crippen LogP contribution in [0.3, 0.4) is 0 Å². The number of thioether (sulfide) groups is 2. The molecule has 0 spiro atoms. The first-order valence-electron chi connectivity index (χ1n) is 11.4. The number of fused-ring (bicyclic) bond motifs is 1. The molecule has 35 heavy (non-hydrogen) atoms. The molecule has 3 aromatic carbocycles. The molecule has 0 unspecified atom stereocenters. The third-order valence-electron chi connectivity index (χ3n) is 5.37. The zero-order valence-electron chi connectivity index (χ0n) is 19.7. The van der Waals surface area contributed by atoms with Gasteiger partial charge in [0.15, 0.2) is 8.68 Å². The maximum atomic E-state index is 12.2. The van der Waals surface area contributed by atoms with E-state index in [0.717, 1.165) is 33.1 Å². The summed E-state index contributed by atoms with van der Waals surface area (Å²) in [5, 5.41) is 15.1. The molecule has 6 nitrogen and oxygen atoms in total. The van der Waals surface area contributed by atoms with Crippen LogP contribution in [0.15, 0.2) is 80.5 Å². The molecule has 1 heterocycles. The van der Waals surface area contributed by atoms with Gasteiger partial charge in [0.2, 0.25) is 0 Å². The van der Waals surface area contributed by atoms with Crippen molar-refractivity contribution in [3.63, 3.8) is 0 Å². The lowest BCUT2D eigenvalue weighted by Crippen LogP contribution is -2.21. The molecule has 0 atom stereocenters. The van der Waals surface area contributed by atoms with Crippen molar-refractivity contribution in [2.24, 2.45) is 5.10 Å².